The van der Waals surface area contributed by atoms with Crippen LogP contribution < -0.4 is 0 Å². The molecule has 2 atom stereocenters. The SMILES string of the molecule is C[C@@H](C#N)CN1CCC[C@@H](C(=O)O)C1. The van der Waals surface area contributed by atoms with Crippen LogP contribution in [0, 0.1) is 23.2 Å². The highest BCUT2D eigenvalue weighted by Gasteiger charge is 2.25. The number of carboxylic acids is 1. The van der Waals surface area contributed by atoms with E-state index in [1.807, 2.05) is 6.92 Å². The van der Waals surface area contributed by atoms with Crippen LogP contribution in [0.15, 0.2) is 0 Å². The molecule has 4 heteroatoms. The zero-order valence-electron chi connectivity index (χ0n) is 8.44. The first-order valence-electron chi connectivity index (χ1n) is 4.98. The molecule has 1 aliphatic heterocycles. The lowest BCUT2D eigenvalue weighted by Gasteiger charge is -2.31. The topological polar surface area (TPSA) is 64.3 Å². The Hall–Kier alpha value is -1.08. The van der Waals surface area contributed by atoms with Gasteiger partial charge in [-0.15, -0.1) is 0 Å². The average molecular weight is 196 g/mol. The zero-order chi connectivity index (χ0) is 10.6. The molecule has 0 aromatic carbocycles. The smallest absolute Gasteiger partial charge is 0.307 e. The number of carbonyl (C=O) groups is 1. The molecule has 4 nitrogen and oxygen atoms in total. The number of nitriles is 1. The van der Waals surface area contributed by atoms with Crippen LogP contribution in [-0.4, -0.2) is 35.6 Å². The van der Waals surface area contributed by atoms with Gasteiger partial charge >= 0.3 is 5.97 Å². The third-order valence-electron chi connectivity index (χ3n) is 2.61. The summed E-state index contributed by atoms with van der Waals surface area (Å²) in [6, 6.07) is 2.17. The van der Waals surface area contributed by atoms with Gasteiger partial charge in [0, 0.05) is 13.1 Å². The summed E-state index contributed by atoms with van der Waals surface area (Å²) in [7, 11) is 0. The Kier molecular flexibility index (Phi) is 3.90. The van der Waals surface area contributed by atoms with Crippen molar-refractivity contribution in [1.82, 2.24) is 4.90 Å². The molecule has 1 saturated heterocycles. The number of piperidine rings is 1. The normalized spacial score (nSPS) is 25.3. The Morgan fingerprint density at radius 3 is 3.07 bits per heavy atom. The number of aliphatic carboxylic acids is 1. The zero-order valence-corrected chi connectivity index (χ0v) is 8.44. The molecule has 78 valence electrons. The maximum Gasteiger partial charge on any atom is 0.307 e. The molecule has 0 aromatic heterocycles. The monoisotopic (exact) mass is 196 g/mol. The first kappa shape index (κ1) is 11.0. The largest absolute Gasteiger partial charge is 0.481 e. The molecule has 0 aliphatic carbocycles. The first-order valence-corrected chi connectivity index (χ1v) is 4.98. The van der Waals surface area contributed by atoms with Crippen molar-refractivity contribution in [2.45, 2.75) is 19.8 Å². The molecule has 0 amide bonds. The van der Waals surface area contributed by atoms with Gasteiger partial charge in [-0.3, -0.25) is 4.79 Å². The van der Waals surface area contributed by atoms with Crippen LogP contribution in [0.3, 0.4) is 0 Å². The summed E-state index contributed by atoms with van der Waals surface area (Å²) in [5, 5.41) is 17.5. The molecule has 0 aromatic rings. The van der Waals surface area contributed by atoms with Gasteiger partial charge in [-0.25, -0.2) is 0 Å². The van der Waals surface area contributed by atoms with E-state index < -0.39 is 5.97 Å². The molecule has 0 spiro atoms. The van der Waals surface area contributed by atoms with E-state index in [0.717, 1.165) is 19.4 Å². The van der Waals surface area contributed by atoms with Gasteiger partial charge in [0.15, 0.2) is 0 Å². The standard InChI is InChI=1S/C10H16N2O2/c1-8(5-11)6-12-4-2-3-9(7-12)10(13)14/h8-9H,2-4,6-7H2,1H3,(H,13,14)/t8-,9+/m0/s1. The van der Waals surface area contributed by atoms with Crippen LogP contribution >= 0.6 is 0 Å². The van der Waals surface area contributed by atoms with Crippen molar-refractivity contribution in [2.75, 3.05) is 19.6 Å². The number of rotatable bonds is 3. The summed E-state index contributed by atoms with van der Waals surface area (Å²) in [6.45, 7) is 4.09. The van der Waals surface area contributed by atoms with E-state index in [1.165, 1.54) is 0 Å². The van der Waals surface area contributed by atoms with E-state index in [9.17, 15) is 4.79 Å². The van der Waals surface area contributed by atoms with Crippen molar-refractivity contribution < 1.29 is 9.90 Å². The van der Waals surface area contributed by atoms with Crippen molar-refractivity contribution in [3.8, 4) is 6.07 Å². The van der Waals surface area contributed by atoms with Gasteiger partial charge in [0.1, 0.15) is 0 Å². The molecule has 0 saturated carbocycles. The van der Waals surface area contributed by atoms with Crippen molar-refractivity contribution in [2.24, 2.45) is 11.8 Å². The molecule has 1 heterocycles. The van der Waals surface area contributed by atoms with Crippen LogP contribution in [0.2, 0.25) is 0 Å². The fourth-order valence-electron chi connectivity index (χ4n) is 1.85. The fourth-order valence-corrected chi connectivity index (χ4v) is 1.85. The molecular weight excluding hydrogens is 180 g/mol. The predicted molar refractivity (Wildman–Crippen MR) is 51.6 cm³/mol. The average Bonchev–Trinajstić information content (AvgIpc) is 2.18. The first-order chi connectivity index (χ1) is 6.63. The maximum atomic E-state index is 10.8. The van der Waals surface area contributed by atoms with Gasteiger partial charge in [0.05, 0.1) is 17.9 Å². The van der Waals surface area contributed by atoms with E-state index in [2.05, 4.69) is 11.0 Å². The Labute approximate surface area is 84.1 Å². The van der Waals surface area contributed by atoms with Gasteiger partial charge in [0.25, 0.3) is 0 Å². The summed E-state index contributed by atoms with van der Waals surface area (Å²) in [6.07, 6.45) is 1.70. The second-order valence-corrected chi connectivity index (χ2v) is 3.97. The number of carboxylic acid groups (broad SMARTS) is 1. The molecule has 0 unspecified atom stereocenters. The fraction of sp³-hybridized carbons (Fsp3) is 0.800. The van der Waals surface area contributed by atoms with E-state index in [1.54, 1.807) is 0 Å². The Morgan fingerprint density at radius 1 is 1.79 bits per heavy atom. The quantitative estimate of drug-likeness (QED) is 0.729. The third-order valence-corrected chi connectivity index (χ3v) is 2.61. The lowest BCUT2D eigenvalue weighted by molar-refractivity contribution is -0.143. The van der Waals surface area contributed by atoms with Gasteiger partial charge < -0.3 is 10.0 Å². The molecule has 1 N–H and O–H groups in total. The maximum absolute atomic E-state index is 10.8. The van der Waals surface area contributed by atoms with Crippen LogP contribution in [0.5, 0.6) is 0 Å². The third kappa shape index (κ3) is 3.00. The van der Waals surface area contributed by atoms with Crippen molar-refractivity contribution in [3.05, 3.63) is 0 Å². The van der Waals surface area contributed by atoms with Crippen LogP contribution in [0.1, 0.15) is 19.8 Å². The van der Waals surface area contributed by atoms with Crippen molar-refractivity contribution in [3.63, 3.8) is 0 Å². The summed E-state index contributed by atoms with van der Waals surface area (Å²) in [5.41, 5.74) is 0. The summed E-state index contributed by atoms with van der Waals surface area (Å²) < 4.78 is 0. The highest BCUT2D eigenvalue weighted by molar-refractivity contribution is 5.70. The number of hydrogen-bond acceptors (Lipinski definition) is 3. The minimum atomic E-state index is -0.709. The lowest BCUT2D eigenvalue weighted by Crippen LogP contribution is -2.40. The number of nitrogens with zero attached hydrogens (tertiary/aromatic N) is 2. The summed E-state index contributed by atoms with van der Waals surface area (Å²) in [4.78, 5) is 12.8. The molecule has 1 fully saturated rings. The van der Waals surface area contributed by atoms with Crippen LogP contribution in [-0.2, 0) is 4.79 Å². The van der Waals surface area contributed by atoms with Crippen molar-refractivity contribution in [1.29, 1.82) is 5.26 Å². The lowest BCUT2D eigenvalue weighted by atomic mass is 9.97. The number of likely N-dealkylation sites (tertiary alicyclic amines) is 1. The van der Waals surface area contributed by atoms with Gasteiger partial charge in [-0.05, 0) is 26.3 Å². The Balaban J connectivity index is 2.41. The minimum absolute atomic E-state index is 0.0115. The second-order valence-electron chi connectivity index (χ2n) is 3.97. The second kappa shape index (κ2) is 4.97. The van der Waals surface area contributed by atoms with E-state index >= 15 is 0 Å². The molecule has 1 aliphatic rings. The van der Waals surface area contributed by atoms with E-state index in [0.29, 0.717) is 13.1 Å². The Bertz CT molecular complexity index is 247. The van der Waals surface area contributed by atoms with Gasteiger partial charge in [0.2, 0.25) is 0 Å². The van der Waals surface area contributed by atoms with E-state index in [4.69, 9.17) is 10.4 Å². The Morgan fingerprint density at radius 2 is 2.50 bits per heavy atom. The van der Waals surface area contributed by atoms with Crippen LogP contribution in [0.25, 0.3) is 0 Å². The molecule has 14 heavy (non-hydrogen) atoms. The van der Waals surface area contributed by atoms with Gasteiger partial charge in [-0.2, -0.15) is 5.26 Å². The van der Waals surface area contributed by atoms with Crippen LogP contribution in [0.4, 0.5) is 0 Å². The highest BCUT2D eigenvalue weighted by Crippen LogP contribution is 2.17. The van der Waals surface area contributed by atoms with E-state index in [-0.39, 0.29) is 11.8 Å². The molecular formula is C10H16N2O2. The summed E-state index contributed by atoms with van der Waals surface area (Å²) >= 11 is 0. The highest BCUT2D eigenvalue weighted by atomic mass is 16.4. The molecule has 0 bridgehead atoms. The molecule has 1 rings (SSSR count). The summed E-state index contributed by atoms with van der Waals surface area (Å²) in [5.74, 6) is -0.962. The number of hydrogen-bond donors (Lipinski definition) is 1. The predicted octanol–water partition coefficient (Wildman–Crippen LogP) is 0.943. The minimum Gasteiger partial charge on any atom is -0.481 e. The molecule has 0 radical (unpaired) electrons. The van der Waals surface area contributed by atoms with Crippen molar-refractivity contribution >= 4 is 5.97 Å². The van der Waals surface area contributed by atoms with Gasteiger partial charge in [-0.1, -0.05) is 0 Å².